The van der Waals surface area contributed by atoms with Crippen LogP contribution in [-0.2, 0) is 10.8 Å². The molecule has 0 saturated heterocycles. The van der Waals surface area contributed by atoms with E-state index >= 15 is 0 Å². The van der Waals surface area contributed by atoms with Crippen molar-refractivity contribution in [3.05, 3.63) is 288 Å². The smallest absolute Gasteiger partial charge is 0.0468 e. The van der Waals surface area contributed by atoms with E-state index in [9.17, 15) is 0 Å². The Bertz CT molecular complexity index is 4370. The molecule has 11 aromatic rings. The summed E-state index contributed by atoms with van der Waals surface area (Å²) >= 11 is 0. The zero-order valence-corrected chi connectivity index (χ0v) is 48.2. The third-order valence-corrected chi connectivity index (χ3v) is 19.6. The highest BCUT2D eigenvalue weighted by molar-refractivity contribution is 5.93. The normalized spacial score (nSPS) is 15.3. The van der Waals surface area contributed by atoms with E-state index in [-0.39, 0.29) is 10.8 Å². The summed E-state index contributed by atoms with van der Waals surface area (Å²) in [5, 5.41) is 4.97. The maximum Gasteiger partial charge on any atom is 0.0468 e. The van der Waals surface area contributed by atoms with E-state index < -0.39 is 0 Å². The van der Waals surface area contributed by atoms with Crippen LogP contribution in [0.25, 0.3) is 71.6 Å². The Morgan fingerprint density at radius 2 is 0.805 bits per heavy atom. The molecule has 1 unspecified atom stereocenters. The lowest BCUT2D eigenvalue weighted by Crippen LogP contribution is -2.33. The highest BCUT2D eigenvalue weighted by Crippen LogP contribution is 2.59. The summed E-state index contributed by atoms with van der Waals surface area (Å²) in [5.74, 6) is 0.415. The Hall–Kier alpha value is -8.98. The van der Waals surface area contributed by atoms with Crippen LogP contribution in [0.1, 0.15) is 93.2 Å². The monoisotopic (exact) mass is 1060 g/mol. The van der Waals surface area contributed by atoms with Gasteiger partial charge in [-0.2, -0.15) is 0 Å². The molecule has 0 saturated carbocycles. The Balaban J connectivity index is 0.789. The fraction of sp³-hybridized carbons (Fsp3) is 0.175. The van der Waals surface area contributed by atoms with E-state index in [4.69, 9.17) is 0 Å². The van der Waals surface area contributed by atoms with Crippen molar-refractivity contribution in [2.75, 3.05) is 9.80 Å². The summed E-state index contributed by atoms with van der Waals surface area (Å²) in [6.07, 6.45) is 10.2. The number of aryl methyl sites for hydroxylation is 2. The molecular formula is C80H70N2. The first kappa shape index (κ1) is 51.2. The lowest BCUT2D eigenvalue weighted by atomic mass is 9.67. The average molecular weight is 1060 g/mol. The van der Waals surface area contributed by atoms with E-state index in [2.05, 4.69) is 300 Å². The van der Waals surface area contributed by atoms with Crippen LogP contribution in [0, 0.1) is 19.8 Å². The van der Waals surface area contributed by atoms with E-state index in [1.54, 1.807) is 0 Å². The third-order valence-electron chi connectivity index (χ3n) is 19.6. The molecular weight excluding hydrogens is 989 g/mol. The van der Waals surface area contributed by atoms with Gasteiger partial charge in [0.25, 0.3) is 0 Å². The van der Waals surface area contributed by atoms with Crippen LogP contribution in [-0.4, -0.2) is 0 Å². The molecule has 2 nitrogen and oxygen atoms in total. The SMILES string of the molecule is CCC1(CC)c2ccccc2-c2ccc(N(c3cccc(-c4ccc(-c5ccc(-c6cccc(N(C7=CC=C8c9ccccc9C(CC)(CC)C8C7)c7ccc8ccccc8c7)c6)cc5C)c(C)c4)c3)c3ccc4ccccc4c3)cc21. The molecule has 14 rings (SSSR count). The van der Waals surface area contributed by atoms with Gasteiger partial charge >= 0.3 is 0 Å². The molecule has 1 atom stereocenters. The van der Waals surface area contributed by atoms with Crippen LogP contribution in [0.5, 0.6) is 0 Å². The van der Waals surface area contributed by atoms with E-state index in [1.807, 2.05) is 0 Å². The van der Waals surface area contributed by atoms with Crippen molar-refractivity contribution in [3.8, 4) is 44.5 Å². The number of allylic oxidation sites excluding steroid dienone is 4. The van der Waals surface area contributed by atoms with Crippen LogP contribution >= 0.6 is 0 Å². The minimum absolute atomic E-state index is 0.0283. The molecule has 0 heterocycles. The Morgan fingerprint density at radius 3 is 1.39 bits per heavy atom. The Morgan fingerprint density at radius 1 is 0.341 bits per heavy atom. The summed E-state index contributed by atoms with van der Waals surface area (Å²) in [6.45, 7) is 14.0. The summed E-state index contributed by atoms with van der Waals surface area (Å²) < 4.78 is 0. The molecule has 3 aliphatic rings. The first-order valence-electron chi connectivity index (χ1n) is 30.0. The van der Waals surface area contributed by atoms with E-state index in [0.717, 1.165) is 43.5 Å². The van der Waals surface area contributed by atoms with Gasteiger partial charge in [-0.05, 0) is 224 Å². The minimum atomic E-state index is -0.0283. The van der Waals surface area contributed by atoms with Gasteiger partial charge in [0, 0.05) is 45.0 Å². The predicted molar refractivity (Wildman–Crippen MR) is 350 cm³/mol. The lowest BCUT2D eigenvalue weighted by molar-refractivity contribution is 0.313. The maximum atomic E-state index is 2.54. The van der Waals surface area contributed by atoms with Crippen LogP contribution in [0.15, 0.2) is 254 Å². The summed E-state index contributed by atoms with van der Waals surface area (Å²) in [5.41, 5.74) is 27.2. The summed E-state index contributed by atoms with van der Waals surface area (Å²) in [6, 6.07) is 89.2. The van der Waals surface area contributed by atoms with Crippen LogP contribution < -0.4 is 9.80 Å². The molecule has 0 aromatic heterocycles. The third kappa shape index (κ3) is 8.28. The Labute approximate surface area is 485 Å². The highest BCUT2D eigenvalue weighted by atomic mass is 15.2. The Kier molecular flexibility index (Phi) is 12.8. The average Bonchev–Trinajstić information content (AvgIpc) is 3.09. The second-order valence-electron chi connectivity index (χ2n) is 23.4. The molecule has 0 fully saturated rings. The summed E-state index contributed by atoms with van der Waals surface area (Å²) in [4.78, 5) is 5.01. The molecule has 2 heteroatoms. The fourth-order valence-electron chi connectivity index (χ4n) is 15.2. The maximum absolute atomic E-state index is 2.54. The summed E-state index contributed by atoms with van der Waals surface area (Å²) in [7, 11) is 0. The van der Waals surface area contributed by atoms with Gasteiger partial charge in [0.1, 0.15) is 0 Å². The first-order chi connectivity index (χ1) is 40.2. The number of rotatable bonds is 13. The minimum Gasteiger partial charge on any atom is -0.314 e. The molecule has 0 aliphatic heterocycles. The van der Waals surface area contributed by atoms with Gasteiger partial charge in [-0.3, -0.25) is 0 Å². The predicted octanol–water partition coefficient (Wildman–Crippen LogP) is 22.4. The van der Waals surface area contributed by atoms with Gasteiger partial charge in [-0.1, -0.05) is 210 Å². The lowest BCUT2D eigenvalue weighted by Gasteiger charge is -2.39. The van der Waals surface area contributed by atoms with Gasteiger partial charge in [-0.25, -0.2) is 0 Å². The molecule has 11 aromatic carbocycles. The van der Waals surface area contributed by atoms with Crippen molar-refractivity contribution in [1.29, 1.82) is 0 Å². The zero-order chi connectivity index (χ0) is 55.7. The van der Waals surface area contributed by atoms with E-state index in [0.29, 0.717) is 5.92 Å². The van der Waals surface area contributed by atoms with Crippen molar-refractivity contribution >= 4 is 55.6 Å². The molecule has 3 aliphatic carbocycles. The quantitative estimate of drug-likeness (QED) is 0.114. The number of benzene rings is 11. The number of hydrogen-bond acceptors (Lipinski definition) is 2. The molecule has 400 valence electrons. The van der Waals surface area contributed by atoms with E-state index in [1.165, 1.54) is 128 Å². The second kappa shape index (κ2) is 20.5. The topological polar surface area (TPSA) is 6.48 Å². The van der Waals surface area contributed by atoms with Crippen LogP contribution in [0.2, 0.25) is 0 Å². The number of hydrogen-bond donors (Lipinski definition) is 0. The van der Waals surface area contributed by atoms with Crippen LogP contribution in [0.4, 0.5) is 28.4 Å². The number of anilines is 5. The number of nitrogens with zero attached hydrogens (tertiary/aromatic N) is 2. The van der Waals surface area contributed by atoms with Gasteiger partial charge in [0.15, 0.2) is 0 Å². The van der Waals surface area contributed by atoms with Gasteiger partial charge in [-0.15, -0.1) is 0 Å². The van der Waals surface area contributed by atoms with Gasteiger partial charge < -0.3 is 9.80 Å². The largest absolute Gasteiger partial charge is 0.314 e. The van der Waals surface area contributed by atoms with Crippen molar-refractivity contribution in [2.45, 2.75) is 84.5 Å². The molecule has 0 spiro atoms. The standard InChI is InChI=1S/C80H70N2/c1-7-79(8-2)75-31-17-15-29-71(75)73-43-39-67(51-77(73)79)81(65-37-33-55-21-11-13-23-57(55)47-65)63-27-19-25-59(49-63)61-35-41-69(53(5)45-61)70-42-36-62(46-54(70)6)60-26-20-28-64(50-60)82(66-38-34-56-22-12-14-24-58(56)48-66)68-40-44-74-72-30-16-18-32-76(72)80(9-3,10-4)78(74)52-68/h11-51,78H,7-10,52H2,1-6H3. The number of fused-ring (bicyclic) bond motifs is 8. The van der Waals surface area contributed by atoms with Crippen molar-refractivity contribution in [1.82, 2.24) is 0 Å². The van der Waals surface area contributed by atoms with Crippen molar-refractivity contribution in [2.24, 2.45) is 5.92 Å². The van der Waals surface area contributed by atoms with Crippen LogP contribution in [0.3, 0.4) is 0 Å². The first-order valence-corrected chi connectivity index (χ1v) is 30.0. The van der Waals surface area contributed by atoms with Gasteiger partial charge in [0.2, 0.25) is 0 Å². The molecule has 0 amide bonds. The van der Waals surface area contributed by atoms with Gasteiger partial charge in [0.05, 0.1) is 0 Å². The van der Waals surface area contributed by atoms with Crippen molar-refractivity contribution < 1.29 is 0 Å². The molecule has 0 bridgehead atoms. The molecule has 0 radical (unpaired) electrons. The molecule has 82 heavy (non-hydrogen) atoms. The molecule has 0 N–H and O–H groups in total. The fourth-order valence-corrected chi connectivity index (χ4v) is 15.2. The zero-order valence-electron chi connectivity index (χ0n) is 48.2. The highest BCUT2D eigenvalue weighted by Gasteiger charge is 2.48. The second-order valence-corrected chi connectivity index (χ2v) is 23.4. The van der Waals surface area contributed by atoms with Crippen molar-refractivity contribution in [3.63, 3.8) is 0 Å².